The molecule has 2 N–H and O–H groups in total. The number of benzene rings is 1. The maximum Gasteiger partial charge on any atom is 0.410 e. The largest absolute Gasteiger partial charge is 0.410 e. The highest BCUT2D eigenvalue weighted by molar-refractivity contribution is 5.68. The van der Waals surface area contributed by atoms with Crippen LogP contribution in [-0.2, 0) is 0 Å². The SMILES string of the molecule is NC(=O)Oc1ccc(F)cc1F. The third kappa shape index (κ3) is 1.91. The zero-order valence-electron chi connectivity index (χ0n) is 5.88. The van der Waals surface area contributed by atoms with Crippen LogP contribution in [0.5, 0.6) is 5.75 Å². The Bertz CT molecular complexity index is 314. The molecule has 0 bridgehead atoms. The summed E-state index contributed by atoms with van der Waals surface area (Å²) >= 11 is 0. The molecule has 0 aliphatic heterocycles. The van der Waals surface area contributed by atoms with Crippen molar-refractivity contribution in [2.45, 2.75) is 0 Å². The minimum absolute atomic E-state index is 0.385. The molecule has 0 aliphatic carbocycles. The lowest BCUT2D eigenvalue weighted by molar-refractivity contribution is 0.208. The summed E-state index contributed by atoms with van der Waals surface area (Å²) in [5.74, 6) is -2.10. The van der Waals surface area contributed by atoms with Gasteiger partial charge < -0.3 is 10.5 Å². The number of carbonyl (C=O) groups is 1. The molecule has 0 aromatic heterocycles. The van der Waals surface area contributed by atoms with Gasteiger partial charge in [-0.25, -0.2) is 13.6 Å². The first-order chi connectivity index (χ1) is 5.59. The maximum atomic E-state index is 12.6. The molecule has 3 nitrogen and oxygen atoms in total. The van der Waals surface area contributed by atoms with Crippen LogP contribution in [0.3, 0.4) is 0 Å². The molecule has 64 valence electrons. The summed E-state index contributed by atoms with van der Waals surface area (Å²) in [6.45, 7) is 0. The van der Waals surface area contributed by atoms with Gasteiger partial charge in [-0.2, -0.15) is 0 Å². The van der Waals surface area contributed by atoms with Gasteiger partial charge in [0, 0.05) is 6.07 Å². The Balaban J connectivity index is 2.93. The molecule has 1 rings (SSSR count). The first-order valence-corrected chi connectivity index (χ1v) is 3.02. The Morgan fingerprint density at radius 2 is 2.08 bits per heavy atom. The van der Waals surface area contributed by atoms with Gasteiger partial charge in [-0.1, -0.05) is 0 Å². The van der Waals surface area contributed by atoms with E-state index < -0.39 is 17.7 Å². The summed E-state index contributed by atoms with van der Waals surface area (Å²) in [5, 5.41) is 0. The van der Waals surface area contributed by atoms with Crippen molar-refractivity contribution in [3.8, 4) is 5.75 Å². The zero-order valence-corrected chi connectivity index (χ0v) is 5.88. The fraction of sp³-hybridized carbons (Fsp3) is 0. The second-order valence-electron chi connectivity index (χ2n) is 2.00. The second kappa shape index (κ2) is 3.17. The number of ether oxygens (including phenoxy) is 1. The normalized spacial score (nSPS) is 9.50. The van der Waals surface area contributed by atoms with E-state index in [1.807, 2.05) is 0 Å². The van der Waals surface area contributed by atoms with Crippen LogP contribution in [0.1, 0.15) is 0 Å². The molecule has 12 heavy (non-hydrogen) atoms. The van der Waals surface area contributed by atoms with E-state index in [0.29, 0.717) is 6.07 Å². The molecule has 0 saturated carbocycles. The molecule has 0 fully saturated rings. The lowest BCUT2D eigenvalue weighted by Crippen LogP contribution is -2.16. The first kappa shape index (κ1) is 8.45. The predicted octanol–water partition coefficient (Wildman–Crippen LogP) is 1.42. The van der Waals surface area contributed by atoms with Crippen molar-refractivity contribution in [3.63, 3.8) is 0 Å². The number of carbonyl (C=O) groups excluding carboxylic acids is 1. The van der Waals surface area contributed by atoms with Gasteiger partial charge in [0.2, 0.25) is 0 Å². The van der Waals surface area contributed by atoms with Crippen molar-refractivity contribution in [1.29, 1.82) is 0 Å². The van der Waals surface area contributed by atoms with Crippen molar-refractivity contribution in [2.24, 2.45) is 5.73 Å². The van der Waals surface area contributed by atoms with E-state index in [9.17, 15) is 13.6 Å². The fourth-order valence-corrected chi connectivity index (χ4v) is 0.666. The quantitative estimate of drug-likeness (QED) is 0.698. The Kier molecular flexibility index (Phi) is 2.23. The average molecular weight is 173 g/mol. The number of hydrogen-bond donors (Lipinski definition) is 1. The van der Waals surface area contributed by atoms with Gasteiger partial charge in [0.05, 0.1) is 0 Å². The second-order valence-corrected chi connectivity index (χ2v) is 2.00. The molecular weight excluding hydrogens is 168 g/mol. The molecule has 0 saturated heterocycles. The highest BCUT2D eigenvalue weighted by atomic mass is 19.1. The van der Waals surface area contributed by atoms with Crippen molar-refractivity contribution in [1.82, 2.24) is 0 Å². The minimum atomic E-state index is -1.14. The third-order valence-corrected chi connectivity index (χ3v) is 1.10. The van der Waals surface area contributed by atoms with Gasteiger partial charge in [0.25, 0.3) is 0 Å². The van der Waals surface area contributed by atoms with E-state index in [-0.39, 0.29) is 5.75 Å². The van der Waals surface area contributed by atoms with Gasteiger partial charge in [-0.05, 0) is 12.1 Å². The number of primary amides is 1. The molecule has 0 spiro atoms. The number of nitrogens with two attached hydrogens (primary N) is 1. The predicted molar refractivity (Wildman–Crippen MR) is 36.6 cm³/mol. The molecule has 1 amide bonds. The molecule has 1 aromatic carbocycles. The van der Waals surface area contributed by atoms with E-state index in [1.165, 1.54) is 0 Å². The standard InChI is InChI=1S/C7H5F2NO2/c8-4-1-2-6(5(9)3-4)12-7(10)11/h1-3H,(H2,10,11). The van der Waals surface area contributed by atoms with E-state index in [4.69, 9.17) is 0 Å². The molecule has 0 aliphatic rings. The topological polar surface area (TPSA) is 52.3 Å². The van der Waals surface area contributed by atoms with Crippen LogP contribution in [0.4, 0.5) is 13.6 Å². The van der Waals surface area contributed by atoms with Gasteiger partial charge in [0.15, 0.2) is 11.6 Å². The van der Waals surface area contributed by atoms with Crippen molar-refractivity contribution < 1.29 is 18.3 Å². The number of rotatable bonds is 1. The maximum absolute atomic E-state index is 12.6. The Morgan fingerprint density at radius 3 is 2.58 bits per heavy atom. The van der Waals surface area contributed by atoms with Gasteiger partial charge in [-0.3, -0.25) is 0 Å². The van der Waals surface area contributed by atoms with Crippen LogP contribution in [0, 0.1) is 11.6 Å². The lowest BCUT2D eigenvalue weighted by atomic mass is 10.3. The van der Waals surface area contributed by atoms with E-state index in [1.54, 1.807) is 0 Å². The summed E-state index contributed by atoms with van der Waals surface area (Å²) in [4.78, 5) is 10.1. The van der Waals surface area contributed by atoms with Crippen LogP contribution < -0.4 is 10.5 Å². The Morgan fingerprint density at radius 1 is 1.42 bits per heavy atom. The smallest absolute Gasteiger partial charge is 0.407 e. The highest BCUT2D eigenvalue weighted by Crippen LogP contribution is 2.17. The van der Waals surface area contributed by atoms with Crippen molar-refractivity contribution in [3.05, 3.63) is 29.8 Å². The van der Waals surface area contributed by atoms with Gasteiger partial charge >= 0.3 is 6.09 Å². The number of amides is 1. The minimum Gasteiger partial charge on any atom is -0.407 e. The third-order valence-electron chi connectivity index (χ3n) is 1.10. The number of halogens is 2. The monoisotopic (exact) mass is 173 g/mol. The van der Waals surface area contributed by atoms with Crippen molar-refractivity contribution in [2.75, 3.05) is 0 Å². The summed E-state index contributed by atoms with van der Waals surface area (Å²) in [7, 11) is 0. The first-order valence-electron chi connectivity index (χ1n) is 3.02. The summed E-state index contributed by atoms with van der Waals surface area (Å²) in [6.07, 6.45) is -1.14. The molecule has 0 atom stereocenters. The number of hydrogen-bond acceptors (Lipinski definition) is 2. The van der Waals surface area contributed by atoms with E-state index in [0.717, 1.165) is 12.1 Å². The van der Waals surface area contributed by atoms with Crippen LogP contribution in [0.25, 0.3) is 0 Å². The van der Waals surface area contributed by atoms with Crippen molar-refractivity contribution >= 4 is 6.09 Å². The summed E-state index contributed by atoms with van der Waals surface area (Å²) < 4.78 is 29.1. The molecule has 0 unspecified atom stereocenters. The summed E-state index contributed by atoms with van der Waals surface area (Å²) in [5.41, 5.74) is 4.61. The Hall–Kier alpha value is -1.65. The molecule has 0 heterocycles. The molecule has 1 aromatic rings. The van der Waals surface area contributed by atoms with Gasteiger partial charge in [-0.15, -0.1) is 0 Å². The Labute approximate surface area is 66.7 Å². The van der Waals surface area contributed by atoms with Crippen LogP contribution in [-0.4, -0.2) is 6.09 Å². The highest BCUT2D eigenvalue weighted by Gasteiger charge is 2.06. The molecule has 5 heteroatoms. The zero-order chi connectivity index (χ0) is 9.14. The van der Waals surface area contributed by atoms with Gasteiger partial charge in [0.1, 0.15) is 5.82 Å². The van der Waals surface area contributed by atoms with E-state index >= 15 is 0 Å². The lowest BCUT2D eigenvalue weighted by Gasteiger charge is -2.00. The average Bonchev–Trinajstić information content (AvgIpc) is 1.94. The van der Waals surface area contributed by atoms with Crippen LogP contribution >= 0.6 is 0 Å². The molecule has 0 radical (unpaired) electrons. The molecular formula is C7H5F2NO2. The van der Waals surface area contributed by atoms with Crippen LogP contribution in [0.2, 0.25) is 0 Å². The fourth-order valence-electron chi connectivity index (χ4n) is 0.666. The van der Waals surface area contributed by atoms with E-state index in [2.05, 4.69) is 10.5 Å². The van der Waals surface area contributed by atoms with Crippen LogP contribution in [0.15, 0.2) is 18.2 Å². The summed E-state index contributed by atoms with van der Waals surface area (Å²) in [6, 6.07) is 2.54.